The molecule has 0 saturated heterocycles. The molecule has 0 radical (unpaired) electrons. The average molecular weight is 325 g/mol. The molecule has 6 nitrogen and oxygen atoms in total. The summed E-state index contributed by atoms with van der Waals surface area (Å²) in [6, 6.07) is 0. The van der Waals surface area contributed by atoms with Gasteiger partial charge in [0.2, 0.25) is 0 Å². The van der Waals surface area contributed by atoms with Crippen LogP contribution in [0.4, 0.5) is 5.82 Å². The van der Waals surface area contributed by atoms with Crippen molar-refractivity contribution in [3.63, 3.8) is 0 Å². The molecule has 0 aliphatic rings. The predicted molar refractivity (Wildman–Crippen MR) is 78.8 cm³/mol. The fraction of sp³-hybridized carbons (Fsp3) is 0.333. The summed E-state index contributed by atoms with van der Waals surface area (Å²) in [6.07, 6.45) is 6.77. The second-order valence-corrected chi connectivity index (χ2v) is 4.56. The SMILES string of the molecule is Cc1cncc(Br)n1.Cc1cncc(NCCN)n1. The Hall–Kier alpha value is -1.60. The average Bonchev–Trinajstić information content (AvgIpc) is 2.37. The maximum atomic E-state index is 5.30. The lowest BCUT2D eigenvalue weighted by molar-refractivity contribution is 0.995. The van der Waals surface area contributed by atoms with Gasteiger partial charge in [-0.1, -0.05) is 0 Å². The predicted octanol–water partition coefficient (Wildman–Crippen LogP) is 1.70. The van der Waals surface area contributed by atoms with Crippen LogP contribution in [0.3, 0.4) is 0 Å². The van der Waals surface area contributed by atoms with Gasteiger partial charge < -0.3 is 11.1 Å². The topological polar surface area (TPSA) is 89.6 Å². The van der Waals surface area contributed by atoms with Crippen molar-refractivity contribution < 1.29 is 0 Å². The van der Waals surface area contributed by atoms with Crippen molar-refractivity contribution >= 4 is 21.7 Å². The normalized spacial score (nSPS) is 9.47. The van der Waals surface area contributed by atoms with Crippen LogP contribution < -0.4 is 11.1 Å². The highest BCUT2D eigenvalue weighted by atomic mass is 79.9. The third-order valence-electron chi connectivity index (χ3n) is 1.93. The minimum Gasteiger partial charge on any atom is -0.368 e. The van der Waals surface area contributed by atoms with E-state index in [9.17, 15) is 0 Å². The van der Waals surface area contributed by atoms with Gasteiger partial charge in [-0.05, 0) is 29.8 Å². The molecule has 3 N–H and O–H groups in total. The van der Waals surface area contributed by atoms with Crippen molar-refractivity contribution in [1.29, 1.82) is 0 Å². The molecule has 2 rings (SSSR count). The first-order valence-electron chi connectivity index (χ1n) is 5.78. The van der Waals surface area contributed by atoms with Gasteiger partial charge in [-0.2, -0.15) is 0 Å². The zero-order valence-electron chi connectivity index (χ0n) is 11.0. The van der Waals surface area contributed by atoms with Gasteiger partial charge in [0.15, 0.2) is 0 Å². The Morgan fingerprint density at radius 1 is 1.05 bits per heavy atom. The minimum absolute atomic E-state index is 0.607. The van der Waals surface area contributed by atoms with Crippen LogP contribution in [0.2, 0.25) is 0 Å². The quantitative estimate of drug-likeness (QED) is 0.893. The fourth-order valence-electron chi connectivity index (χ4n) is 1.18. The van der Waals surface area contributed by atoms with Crippen LogP contribution >= 0.6 is 15.9 Å². The maximum absolute atomic E-state index is 5.30. The molecular formula is C12H17BrN6. The Morgan fingerprint density at radius 3 is 2.16 bits per heavy atom. The van der Waals surface area contributed by atoms with E-state index in [2.05, 4.69) is 41.2 Å². The van der Waals surface area contributed by atoms with Crippen LogP contribution in [0.5, 0.6) is 0 Å². The second-order valence-electron chi connectivity index (χ2n) is 3.74. The highest BCUT2D eigenvalue weighted by Gasteiger charge is 1.91. The third-order valence-corrected chi connectivity index (χ3v) is 2.31. The van der Waals surface area contributed by atoms with E-state index in [1.807, 2.05) is 13.8 Å². The van der Waals surface area contributed by atoms with E-state index in [0.29, 0.717) is 6.54 Å². The molecule has 0 atom stereocenters. The summed E-state index contributed by atoms with van der Waals surface area (Å²) in [4.78, 5) is 16.1. The van der Waals surface area contributed by atoms with Crippen molar-refractivity contribution in [1.82, 2.24) is 19.9 Å². The summed E-state index contributed by atoms with van der Waals surface area (Å²) in [5, 5.41) is 3.04. The number of nitrogens with one attached hydrogen (secondary N) is 1. The zero-order chi connectivity index (χ0) is 14.1. The number of nitrogens with two attached hydrogens (primary N) is 1. The number of halogens is 1. The van der Waals surface area contributed by atoms with Crippen LogP contribution in [-0.2, 0) is 0 Å². The molecule has 7 heteroatoms. The lowest BCUT2D eigenvalue weighted by Gasteiger charge is -2.02. The number of nitrogens with zero attached hydrogens (tertiary/aromatic N) is 4. The number of rotatable bonds is 3. The molecule has 102 valence electrons. The Morgan fingerprint density at radius 2 is 1.68 bits per heavy atom. The monoisotopic (exact) mass is 324 g/mol. The lowest BCUT2D eigenvalue weighted by Crippen LogP contribution is -2.14. The van der Waals surface area contributed by atoms with Crippen molar-refractivity contribution in [2.24, 2.45) is 5.73 Å². The molecule has 0 aromatic carbocycles. The van der Waals surface area contributed by atoms with Gasteiger partial charge in [0.1, 0.15) is 10.4 Å². The lowest BCUT2D eigenvalue weighted by atomic mass is 10.5. The number of hydrogen-bond acceptors (Lipinski definition) is 6. The maximum Gasteiger partial charge on any atom is 0.144 e. The molecule has 0 amide bonds. The van der Waals surface area contributed by atoms with E-state index in [-0.39, 0.29) is 0 Å². The van der Waals surface area contributed by atoms with E-state index >= 15 is 0 Å². The van der Waals surface area contributed by atoms with Gasteiger partial charge in [-0.15, -0.1) is 0 Å². The largest absolute Gasteiger partial charge is 0.368 e. The Kier molecular flexibility index (Phi) is 6.91. The third kappa shape index (κ3) is 6.78. The van der Waals surface area contributed by atoms with Crippen molar-refractivity contribution in [3.8, 4) is 0 Å². The summed E-state index contributed by atoms with van der Waals surface area (Å²) in [7, 11) is 0. The van der Waals surface area contributed by atoms with Gasteiger partial charge in [0.25, 0.3) is 0 Å². The van der Waals surface area contributed by atoms with E-state index in [1.165, 1.54) is 0 Å². The summed E-state index contributed by atoms with van der Waals surface area (Å²) < 4.78 is 0.789. The first-order chi connectivity index (χ1) is 9.11. The standard InChI is InChI=1S/C7H12N4.C5H5BrN2/c1-6-4-9-5-7(11-6)10-3-2-8;1-4-2-7-3-5(6)8-4/h4-5H,2-3,8H2,1H3,(H,10,11);2-3H,1H3. The number of aryl methyl sites for hydroxylation is 2. The molecule has 0 unspecified atom stereocenters. The van der Waals surface area contributed by atoms with Crippen LogP contribution in [-0.4, -0.2) is 33.0 Å². The van der Waals surface area contributed by atoms with E-state index in [1.54, 1.807) is 24.8 Å². The van der Waals surface area contributed by atoms with Gasteiger partial charge in [-0.25, -0.2) is 9.97 Å². The number of aromatic nitrogens is 4. The molecule has 0 saturated carbocycles. The second kappa shape index (κ2) is 8.49. The van der Waals surface area contributed by atoms with Crippen LogP contribution in [0, 0.1) is 13.8 Å². The van der Waals surface area contributed by atoms with Gasteiger partial charge in [0, 0.05) is 25.5 Å². The van der Waals surface area contributed by atoms with Gasteiger partial charge in [-0.3, -0.25) is 9.97 Å². The molecule has 2 heterocycles. The first-order valence-corrected chi connectivity index (χ1v) is 6.58. The highest BCUT2D eigenvalue weighted by molar-refractivity contribution is 9.10. The Bertz CT molecular complexity index is 488. The molecule has 0 bridgehead atoms. The summed E-state index contributed by atoms with van der Waals surface area (Å²) in [5.41, 5.74) is 7.14. The minimum atomic E-state index is 0.607. The van der Waals surface area contributed by atoms with Crippen molar-refractivity contribution in [2.75, 3.05) is 18.4 Å². The molecule has 2 aromatic heterocycles. The molecule has 0 aliphatic heterocycles. The first kappa shape index (κ1) is 15.5. The van der Waals surface area contributed by atoms with Gasteiger partial charge in [0.05, 0.1) is 23.8 Å². The van der Waals surface area contributed by atoms with Crippen LogP contribution in [0.15, 0.2) is 29.4 Å². The number of hydrogen-bond donors (Lipinski definition) is 2. The van der Waals surface area contributed by atoms with Crippen LogP contribution in [0.25, 0.3) is 0 Å². The van der Waals surface area contributed by atoms with Gasteiger partial charge >= 0.3 is 0 Å². The van der Waals surface area contributed by atoms with E-state index in [4.69, 9.17) is 5.73 Å². The van der Waals surface area contributed by atoms with Crippen molar-refractivity contribution in [2.45, 2.75) is 13.8 Å². The highest BCUT2D eigenvalue weighted by Crippen LogP contribution is 2.01. The molecule has 2 aromatic rings. The summed E-state index contributed by atoms with van der Waals surface area (Å²) in [5.74, 6) is 0.787. The smallest absolute Gasteiger partial charge is 0.144 e. The number of anilines is 1. The summed E-state index contributed by atoms with van der Waals surface area (Å²) >= 11 is 3.19. The van der Waals surface area contributed by atoms with E-state index < -0.39 is 0 Å². The Labute approximate surface area is 121 Å². The molecular weight excluding hydrogens is 308 g/mol. The Balaban J connectivity index is 0.000000200. The van der Waals surface area contributed by atoms with E-state index in [0.717, 1.165) is 28.4 Å². The van der Waals surface area contributed by atoms with Crippen molar-refractivity contribution in [3.05, 3.63) is 40.8 Å². The molecule has 0 fully saturated rings. The molecule has 0 spiro atoms. The molecule has 19 heavy (non-hydrogen) atoms. The fourth-order valence-corrected chi connectivity index (χ4v) is 1.58. The molecule has 0 aliphatic carbocycles. The summed E-state index contributed by atoms with van der Waals surface area (Å²) in [6.45, 7) is 5.14. The zero-order valence-corrected chi connectivity index (χ0v) is 12.6. The van der Waals surface area contributed by atoms with Crippen LogP contribution in [0.1, 0.15) is 11.4 Å².